The molecule has 7 nitrogen and oxygen atoms in total. The average Bonchev–Trinajstić information content (AvgIpc) is 2.57. The van der Waals surface area contributed by atoms with Crippen LogP contribution >= 0.6 is 11.6 Å². The predicted octanol–water partition coefficient (Wildman–Crippen LogP) is 2.34. The van der Waals surface area contributed by atoms with Crippen molar-refractivity contribution in [3.63, 3.8) is 0 Å². The number of carboxylic acids is 2. The molecular formula is C19H31ClFN3O4. The second kappa shape index (κ2) is 14.3. The van der Waals surface area contributed by atoms with Crippen molar-refractivity contribution in [2.75, 3.05) is 54.4 Å². The largest absolute Gasteiger partial charge is 0.473 e. The van der Waals surface area contributed by atoms with Gasteiger partial charge in [0.05, 0.1) is 0 Å². The maximum absolute atomic E-state index is 14.0. The van der Waals surface area contributed by atoms with E-state index < -0.39 is 11.9 Å². The zero-order chi connectivity index (χ0) is 21.7. The van der Waals surface area contributed by atoms with Crippen LogP contribution in [0.5, 0.6) is 0 Å². The monoisotopic (exact) mass is 419 g/mol. The third-order valence-electron chi connectivity index (χ3n) is 3.79. The molecule has 1 rings (SSSR count). The Bertz CT molecular complexity index is 569. The van der Waals surface area contributed by atoms with Crippen molar-refractivity contribution >= 4 is 23.5 Å². The van der Waals surface area contributed by atoms with E-state index in [0.29, 0.717) is 17.1 Å². The van der Waals surface area contributed by atoms with Gasteiger partial charge < -0.3 is 20.0 Å². The molecule has 0 unspecified atom stereocenters. The number of hydrogen-bond acceptors (Lipinski definition) is 5. The summed E-state index contributed by atoms with van der Waals surface area (Å²) in [6.45, 7) is 4.56. The van der Waals surface area contributed by atoms with Gasteiger partial charge in [-0.25, -0.2) is 14.0 Å². The zero-order valence-electron chi connectivity index (χ0n) is 17.0. The average molecular weight is 420 g/mol. The molecule has 0 aliphatic heterocycles. The summed E-state index contributed by atoms with van der Waals surface area (Å²) >= 11 is 6.16. The molecule has 1 aromatic carbocycles. The Hall–Kier alpha value is -1.74. The molecule has 0 fully saturated rings. The van der Waals surface area contributed by atoms with Crippen LogP contribution in [0, 0.1) is 5.82 Å². The minimum atomic E-state index is -1.82. The molecule has 0 saturated heterocycles. The van der Waals surface area contributed by atoms with Gasteiger partial charge in [0.25, 0.3) is 0 Å². The molecule has 0 radical (unpaired) electrons. The van der Waals surface area contributed by atoms with Crippen LogP contribution in [0.25, 0.3) is 0 Å². The van der Waals surface area contributed by atoms with E-state index in [1.807, 2.05) is 0 Å². The van der Waals surface area contributed by atoms with Gasteiger partial charge in [0.15, 0.2) is 0 Å². The normalized spacial score (nSPS) is 10.9. The zero-order valence-corrected chi connectivity index (χ0v) is 17.7. The first-order valence-electron chi connectivity index (χ1n) is 8.95. The van der Waals surface area contributed by atoms with Crippen molar-refractivity contribution in [2.45, 2.75) is 19.4 Å². The van der Waals surface area contributed by atoms with Crippen molar-refractivity contribution in [3.8, 4) is 0 Å². The number of benzene rings is 1. The van der Waals surface area contributed by atoms with Crippen molar-refractivity contribution < 1.29 is 24.2 Å². The van der Waals surface area contributed by atoms with E-state index in [1.165, 1.54) is 6.07 Å². The molecule has 28 heavy (non-hydrogen) atoms. The van der Waals surface area contributed by atoms with Crippen LogP contribution in [0.1, 0.15) is 18.4 Å². The van der Waals surface area contributed by atoms with Gasteiger partial charge in [0.1, 0.15) is 5.82 Å². The number of aliphatic carboxylic acids is 2. The van der Waals surface area contributed by atoms with E-state index >= 15 is 0 Å². The van der Waals surface area contributed by atoms with E-state index in [9.17, 15) is 4.39 Å². The van der Waals surface area contributed by atoms with Gasteiger partial charge in [-0.1, -0.05) is 17.7 Å². The fraction of sp³-hybridized carbons (Fsp3) is 0.579. The quantitative estimate of drug-likeness (QED) is 0.563. The second-order valence-corrected chi connectivity index (χ2v) is 7.31. The number of carboxylic acid groups (broad SMARTS) is 2. The van der Waals surface area contributed by atoms with Crippen LogP contribution in [0.2, 0.25) is 5.02 Å². The molecule has 2 N–H and O–H groups in total. The molecule has 0 aromatic heterocycles. The van der Waals surface area contributed by atoms with Crippen LogP contribution in [0.3, 0.4) is 0 Å². The first kappa shape index (κ1) is 26.3. The second-order valence-electron chi connectivity index (χ2n) is 6.90. The van der Waals surface area contributed by atoms with Gasteiger partial charge >= 0.3 is 11.9 Å². The highest BCUT2D eigenvalue weighted by Gasteiger charge is 2.12. The standard InChI is InChI=1S/C17H29ClFN3.C2H2O4/c1-20(2)10-6-12-22(13-7-11-21(3)4)14-15-16(18)8-5-9-17(15)19;3-1(4)2(5)6/h5,8-9H,6-7,10-14H2,1-4H3;(H,3,4)(H,5,6). The summed E-state index contributed by atoms with van der Waals surface area (Å²) in [4.78, 5) is 24.9. The molecule has 1 aromatic rings. The van der Waals surface area contributed by atoms with Crippen LogP contribution in [0.4, 0.5) is 4.39 Å². The number of rotatable bonds is 10. The van der Waals surface area contributed by atoms with Crippen LogP contribution in [-0.2, 0) is 16.1 Å². The van der Waals surface area contributed by atoms with Crippen LogP contribution in [-0.4, -0.2) is 91.2 Å². The van der Waals surface area contributed by atoms with Crippen LogP contribution < -0.4 is 0 Å². The lowest BCUT2D eigenvalue weighted by Crippen LogP contribution is -2.30. The molecule has 160 valence electrons. The summed E-state index contributed by atoms with van der Waals surface area (Å²) in [5.41, 5.74) is 0.610. The summed E-state index contributed by atoms with van der Waals surface area (Å²) in [5.74, 6) is -3.86. The minimum Gasteiger partial charge on any atom is -0.473 e. The van der Waals surface area contributed by atoms with E-state index in [0.717, 1.165) is 39.0 Å². The van der Waals surface area contributed by atoms with Gasteiger partial charge in [-0.3, -0.25) is 4.90 Å². The van der Waals surface area contributed by atoms with E-state index in [4.69, 9.17) is 31.4 Å². The number of nitrogens with zero attached hydrogens (tertiary/aromatic N) is 3. The lowest BCUT2D eigenvalue weighted by molar-refractivity contribution is -0.159. The Morgan fingerprint density at radius 1 is 0.929 bits per heavy atom. The fourth-order valence-electron chi connectivity index (χ4n) is 2.40. The lowest BCUT2D eigenvalue weighted by Gasteiger charge is -2.24. The highest BCUT2D eigenvalue weighted by molar-refractivity contribution is 6.31. The Morgan fingerprint density at radius 2 is 1.39 bits per heavy atom. The van der Waals surface area contributed by atoms with E-state index in [2.05, 4.69) is 42.9 Å². The third-order valence-corrected chi connectivity index (χ3v) is 4.14. The van der Waals surface area contributed by atoms with Crippen molar-refractivity contribution in [2.24, 2.45) is 0 Å². The summed E-state index contributed by atoms with van der Waals surface area (Å²) in [6, 6.07) is 4.90. The third kappa shape index (κ3) is 12.6. The van der Waals surface area contributed by atoms with Crippen molar-refractivity contribution in [3.05, 3.63) is 34.6 Å². The fourth-order valence-corrected chi connectivity index (χ4v) is 2.62. The number of hydrogen-bond donors (Lipinski definition) is 2. The highest BCUT2D eigenvalue weighted by Crippen LogP contribution is 2.21. The van der Waals surface area contributed by atoms with Crippen molar-refractivity contribution in [1.82, 2.24) is 14.7 Å². The molecule has 0 aliphatic carbocycles. The summed E-state index contributed by atoms with van der Waals surface area (Å²) in [7, 11) is 8.29. The lowest BCUT2D eigenvalue weighted by atomic mass is 10.2. The SMILES string of the molecule is CN(C)CCCN(CCCN(C)C)Cc1c(F)cccc1Cl.O=C(O)C(=O)O. The molecule has 0 aliphatic rings. The Balaban J connectivity index is 0.00000105. The molecule has 0 heterocycles. The molecule has 0 spiro atoms. The maximum Gasteiger partial charge on any atom is 0.414 e. The molecular weight excluding hydrogens is 389 g/mol. The smallest absolute Gasteiger partial charge is 0.414 e. The minimum absolute atomic E-state index is 0.210. The number of halogens is 2. The van der Waals surface area contributed by atoms with E-state index in [-0.39, 0.29) is 5.82 Å². The summed E-state index contributed by atoms with van der Waals surface area (Å²) in [6.07, 6.45) is 2.14. The molecule has 9 heteroatoms. The number of carbonyl (C=O) groups is 2. The van der Waals surface area contributed by atoms with E-state index in [1.54, 1.807) is 12.1 Å². The molecule has 0 bridgehead atoms. The van der Waals surface area contributed by atoms with Gasteiger partial charge in [0, 0.05) is 17.1 Å². The molecule has 0 saturated carbocycles. The van der Waals surface area contributed by atoms with Gasteiger partial charge in [-0.2, -0.15) is 0 Å². The summed E-state index contributed by atoms with van der Waals surface area (Å²) < 4.78 is 14.0. The Kier molecular flexibility index (Phi) is 13.4. The van der Waals surface area contributed by atoms with Crippen LogP contribution in [0.15, 0.2) is 18.2 Å². The topological polar surface area (TPSA) is 84.3 Å². The highest BCUT2D eigenvalue weighted by atomic mass is 35.5. The van der Waals surface area contributed by atoms with Crippen molar-refractivity contribution in [1.29, 1.82) is 0 Å². The molecule has 0 amide bonds. The predicted molar refractivity (Wildman–Crippen MR) is 108 cm³/mol. The Labute approximate surface area is 171 Å². The van der Waals surface area contributed by atoms with Gasteiger partial charge in [0.2, 0.25) is 0 Å². The first-order valence-corrected chi connectivity index (χ1v) is 9.33. The first-order chi connectivity index (χ1) is 13.0. The molecule has 0 atom stereocenters. The van der Waals surface area contributed by atoms with Gasteiger partial charge in [-0.15, -0.1) is 0 Å². The summed E-state index contributed by atoms with van der Waals surface area (Å²) in [5, 5.41) is 15.3. The maximum atomic E-state index is 14.0. The van der Waals surface area contributed by atoms with Gasteiger partial charge in [-0.05, 0) is 79.3 Å². The Morgan fingerprint density at radius 3 is 1.75 bits per heavy atom.